The predicted octanol–water partition coefficient (Wildman–Crippen LogP) is 2.55. The van der Waals surface area contributed by atoms with E-state index < -0.39 is 6.10 Å². The highest BCUT2D eigenvalue weighted by Gasteiger charge is 2.16. The first-order valence-corrected chi connectivity index (χ1v) is 6.42. The summed E-state index contributed by atoms with van der Waals surface area (Å²) >= 11 is 0. The van der Waals surface area contributed by atoms with Crippen LogP contribution in [0.4, 0.5) is 11.4 Å². The van der Waals surface area contributed by atoms with Gasteiger partial charge in [0.25, 0.3) is 5.91 Å². The molecule has 0 spiro atoms. The van der Waals surface area contributed by atoms with Gasteiger partial charge in [0.2, 0.25) is 0 Å². The second kappa shape index (κ2) is 6.44. The first-order chi connectivity index (χ1) is 10.1. The maximum atomic E-state index is 12.1. The molecule has 0 aliphatic carbocycles. The number of amides is 1. The Balaban J connectivity index is 2.03. The zero-order valence-electron chi connectivity index (χ0n) is 11.5. The molecule has 5 nitrogen and oxygen atoms in total. The van der Waals surface area contributed by atoms with E-state index >= 15 is 0 Å². The van der Waals surface area contributed by atoms with E-state index in [1.54, 1.807) is 55.5 Å². The van der Waals surface area contributed by atoms with Crippen LogP contribution in [-0.2, 0) is 4.79 Å². The van der Waals surface area contributed by atoms with Gasteiger partial charge < -0.3 is 15.8 Å². The highest BCUT2D eigenvalue weighted by molar-refractivity contribution is 5.94. The van der Waals surface area contributed by atoms with Crippen LogP contribution in [-0.4, -0.2) is 12.0 Å². The number of anilines is 2. The molecule has 2 aromatic rings. The smallest absolute Gasteiger partial charge is 0.265 e. The normalized spacial score (nSPS) is 11.2. The van der Waals surface area contributed by atoms with Gasteiger partial charge in [-0.05, 0) is 43.3 Å². The molecular formula is C16H15N3O2. The second-order valence-corrected chi connectivity index (χ2v) is 4.48. The van der Waals surface area contributed by atoms with E-state index in [2.05, 4.69) is 5.32 Å². The molecule has 0 aliphatic heterocycles. The lowest BCUT2D eigenvalue weighted by Crippen LogP contribution is -2.30. The molecule has 0 bridgehead atoms. The van der Waals surface area contributed by atoms with Crippen LogP contribution in [0, 0.1) is 11.3 Å². The molecule has 0 aromatic heterocycles. The largest absolute Gasteiger partial charge is 0.480 e. The van der Waals surface area contributed by atoms with Gasteiger partial charge in [0.1, 0.15) is 11.8 Å². The molecule has 1 atom stereocenters. The van der Waals surface area contributed by atoms with E-state index in [9.17, 15) is 4.79 Å². The SMILES string of the molecule is CC(Oc1ccccc1C#N)C(=O)Nc1ccc(N)cc1. The van der Waals surface area contributed by atoms with Crippen molar-refractivity contribution >= 4 is 17.3 Å². The van der Waals surface area contributed by atoms with Gasteiger partial charge in [-0.1, -0.05) is 12.1 Å². The Hall–Kier alpha value is -3.00. The van der Waals surface area contributed by atoms with Crippen molar-refractivity contribution in [3.8, 4) is 11.8 Å². The lowest BCUT2D eigenvalue weighted by molar-refractivity contribution is -0.122. The fourth-order valence-corrected chi connectivity index (χ4v) is 1.72. The van der Waals surface area contributed by atoms with Crippen LogP contribution in [0.2, 0.25) is 0 Å². The maximum absolute atomic E-state index is 12.1. The summed E-state index contributed by atoms with van der Waals surface area (Å²) in [5.41, 5.74) is 7.24. The Bertz CT molecular complexity index is 675. The van der Waals surface area contributed by atoms with Crippen molar-refractivity contribution in [2.75, 3.05) is 11.1 Å². The van der Waals surface area contributed by atoms with Crippen molar-refractivity contribution in [1.29, 1.82) is 5.26 Å². The molecule has 2 rings (SSSR count). The van der Waals surface area contributed by atoms with Crippen LogP contribution >= 0.6 is 0 Å². The number of nitrogens with zero attached hydrogens (tertiary/aromatic N) is 1. The Labute approximate surface area is 123 Å². The standard InChI is InChI=1S/C16H15N3O2/c1-11(21-15-5-3-2-4-12(15)10-17)16(20)19-14-8-6-13(18)7-9-14/h2-9,11H,18H2,1H3,(H,19,20). The molecular weight excluding hydrogens is 266 g/mol. The van der Waals surface area contributed by atoms with Crippen molar-refractivity contribution in [3.63, 3.8) is 0 Å². The van der Waals surface area contributed by atoms with Gasteiger partial charge in [0.05, 0.1) is 5.56 Å². The lowest BCUT2D eigenvalue weighted by atomic mass is 10.2. The molecule has 0 fully saturated rings. The molecule has 1 amide bonds. The molecule has 0 heterocycles. The number of nitrogen functional groups attached to an aromatic ring is 1. The summed E-state index contributed by atoms with van der Waals surface area (Å²) < 4.78 is 5.53. The summed E-state index contributed by atoms with van der Waals surface area (Å²) in [7, 11) is 0. The number of rotatable bonds is 4. The van der Waals surface area contributed by atoms with Crippen LogP contribution < -0.4 is 15.8 Å². The van der Waals surface area contributed by atoms with E-state index in [4.69, 9.17) is 15.7 Å². The number of ether oxygens (including phenoxy) is 1. The Morgan fingerprint density at radius 3 is 2.57 bits per heavy atom. The second-order valence-electron chi connectivity index (χ2n) is 4.48. The molecule has 106 valence electrons. The van der Waals surface area contributed by atoms with Crippen LogP contribution in [0.3, 0.4) is 0 Å². The third-order valence-corrected chi connectivity index (χ3v) is 2.86. The summed E-state index contributed by atoms with van der Waals surface area (Å²) in [6.45, 7) is 1.63. The van der Waals surface area contributed by atoms with E-state index in [0.29, 0.717) is 22.7 Å². The first-order valence-electron chi connectivity index (χ1n) is 6.42. The molecule has 2 aromatic carbocycles. The molecule has 21 heavy (non-hydrogen) atoms. The number of benzene rings is 2. The fourth-order valence-electron chi connectivity index (χ4n) is 1.72. The number of para-hydroxylation sites is 1. The van der Waals surface area contributed by atoms with E-state index in [1.165, 1.54) is 0 Å². The fraction of sp³-hybridized carbons (Fsp3) is 0.125. The number of nitriles is 1. The van der Waals surface area contributed by atoms with Crippen LogP contribution in [0.15, 0.2) is 48.5 Å². The Morgan fingerprint density at radius 2 is 1.90 bits per heavy atom. The summed E-state index contributed by atoms with van der Waals surface area (Å²) in [4.78, 5) is 12.1. The topological polar surface area (TPSA) is 88.1 Å². The summed E-state index contributed by atoms with van der Waals surface area (Å²) in [6.07, 6.45) is -0.725. The molecule has 1 unspecified atom stereocenters. The van der Waals surface area contributed by atoms with Gasteiger partial charge in [-0.2, -0.15) is 5.26 Å². The van der Waals surface area contributed by atoms with E-state index in [-0.39, 0.29) is 5.91 Å². The van der Waals surface area contributed by atoms with Gasteiger partial charge in [-0.3, -0.25) is 4.79 Å². The van der Waals surface area contributed by atoms with Crippen LogP contribution in [0.5, 0.6) is 5.75 Å². The summed E-state index contributed by atoms with van der Waals surface area (Å²) in [6, 6.07) is 15.6. The van der Waals surface area contributed by atoms with Gasteiger partial charge in [0.15, 0.2) is 6.10 Å². The zero-order valence-corrected chi connectivity index (χ0v) is 11.5. The minimum absolute atomic E-state index is 0.299. The molecule has 0 saturated heterocycles. The number of nitrogens with two attached hydrogens (primary N) is 1. The lowest BCUT2D eigenvalue weighted by Gasteiger charge is -2.15. The minimum Gasteiger partial charge on any atom is -0.480 e. The average molecular weight is 281 g/mol. The molecule has 0 aliphatic rings. The summed E-state index contributed by atoms with van der Waals surface area (Å²) in [5.74, 6) is 0.0903. The van der Waals surface area contributed by atoms with Gasteiger partial charge in [0, 0.05) is 11.4 Å². The van der Waals surface area contributed by atoms with Crippen molar-refractivity contribution in [1.82, 2.24) is 0 Å². The summed E-state index contributed by atoms with van der Waals surface area (Å²) in [5, 5.41) is 11.7. The molecule has 0 saturated carbocycles. The minimum atomic E-state index is -0.725. The van der Waals surface area contributed by atoms with Gasteiger partial charge in [-0.25, -0.2) is 0 Å². The predicted molar refractivity (Wildman–Crippen MR) is 80.7 cm³/mol. The van der Waals surface area contributed by atoms with Gasteiger partial charge in [-0.15, -0.1) is 0 Å². The molecule has 5 heteroatoms. The number of hydrogen-bond donors (Lipinski definition) is 2. The molecule has 3 N–H and O–H groups in total. The number of carbonyl (C=O) groups excluding carboxylic acids is 1. The maximum Gasteiger partial charge on any atom is 0.265 e. The van der Waals surface area contributed by atoms with E-state index in [1.807, 2.05) is 6.07 Å². The van der Waals surface area contributed by atoms with Crippen molar-refractivity contribution in [3.05, 3.63) is 54.1 Å². The third kappa shape index (κ3) is 3.74. The number of hydrogen-bond acceptors (Lipinski definition) is 4. The highest BCUT2D eigenvalue weighted by Crippen LogP contribution is 2.19. The number of nitrogens with one attached hydrogen (secondary N) is 1. The van der Waals surface area contributed by atoms with Crippen LogP contribution in [0.25, 0.3) is 0 Å². The number of carbonyl (C=O) groups is 1. The average Bonchev–Trinajstić information content (AvgIpc) is 2.50. The third-order valence-electron chi connectivity index (χ3n) is 2.86. The Morgan fingerprint density at radius 1 is 1.24 bits per heavy atom. The van der Waals surface area contributed by atoms with Gasteiger partial charge >= 0.3 is 0 Å². The highest BCUT2D eigenvalue weighted by atomic mass is 16.5. The first kappa shape index (κ1) is 14.4. The van der Waals surface area contributed by atoms with E-state index in [0.717, 1.165) is 0 Å². The van der Waals surface area contributed by atoms with Crippen LogP contribution in [0.1, 0.15) is 12.5 Å². The molecule has 0 radical (unpaired) electrons. The zero-order chi connectivity index (χ0) is 15.2. The Kier molecular flexibility index (Phi) is 4.42. The van der Waals surface area contributed by atoms with Crippen molar-refractivity contribution < 1.29 is 9.53 Å². The monoisotopic (exact) mass is 281 g/mol. The van der Waals surface area contributed by atoms with Crippen molar-refractivity contribution in [2.45, 2.75) is 13.0 Å². The quantitative estimate of drug-likeness (QED) is 0.843. The van der Waals surface area contributed by atoms with Crippen molar-refractivity contribution in [2.24, 2.45) is 0 Å².